The molecule has 5 nitrogen and oxygen atoms in total. The highest BCUT2D eigenvalue weighted by Crippen LogP contribution is 2.39. The first-order valence-corrected chi connectivity index (χ1v) is 7.42. The summed E-state index contributed by atoms with van der Waals surface area (Å²) in [5, 5.41) is 10.6. The second-order valence-electron chi connectivity index (χ2n) is 5.21. The predicted octanol–water partition coefficient (Wildman–Crippen LogP) is 2.94. The maximum absolute atomic E-state index is 12.4. The van der Waals surface area contributed by atoms with Gasteiger partial charge in [-0.25, -0.2) is 0 Å². The lowest BCUT2D eigenvalue weighted by Gasteiger charge is -2.19. The Kier molecular flexibility index (Phi) is 4.15. The van der Waals surface area contributed by atoms with Crippen molar-refractivity contribution >= 4 is 23.2 Å². The molecule has 1 aliphatic rings. The van der Waals surface area contributed by atoms with Crippen LogP contribution in [0.2, 0.25) is 5.02 Å². The highest BCUT2D eigenvalue weighted by Gasteiger charge is 2.36. The van der Waals surface area contributed by atoms with Crippen molar-refractivity contribution in [3.8, 4) is 11.5 Å². The Bertz CT molecular complexity index is 762. The fourth-order valence-corrected chi connectivity index (χ4v) is 2.89. The molecule has 0 bridgehead atoms. The van der Waals surface area contributed by atoms with Crippen molar-refractivity contribution in [2.75, 3.05) is 19.1 Å². The SMILES string of the molecule is COc1ccc(CN2C(=O)C(O)c3cc(Cl)ccc32)c(OC)c1. The smallest absolute Gasteiger partial charge is 0.260 e. The lowest BCUT2D eigenvalue weighted by Crippen LogP contribution is -2.28. The van der Waals surface area contributed by atoms with Gasteiger partial charge in [0.2, 0.25) is 0 Å². The zero-order chi connectivity index (χ0) is 16.6. The molecule has 0 fully saturated rings. The standard InChI is InChI=1S/C17H16ClNO4/c1-22-12-5-3-10(15(8-12)23-2)9-19-14-6-4-11(18)7-13(14)16(20)17(19)21/h3-8,16,20H,9H2,1-2H3. The van der Waals surface area contributed by atoms with Crippen LogP contribution in [0.5, 0.6) is 11.5 Å². The summed E-state index contributed by atoms with van der Waals surface area (Å²) >= 11 is 5.95. The second-order valence-corrected chi connectivity index (χ2v) is 5.64. The third-order valence-electron chi connectivity index (χ3n) is 3.90. The molecule has 0 saturated heterocycles. The highest BCUT2D eigenvalue weighted by atomic mass is 35.5. The van der Waals surface area contributed by atoms with Crippen molar-refractivity contribution in [2.45, 2.75) is 12.6 Å². The molecule has 0 aliphatic carbocycles. The number of hydrogen-bond acceptors (Lipinski definition) is 4. The Labute approximate surface area is 139 Å². The van der Waals surface area contributed by atoms with E-state index in [0.29, 0.717) is 27.8 Å². The number of aliphatic hydroxyl groups is 1. The summed E-state index contributed by atoms with van der Waals surface area (Å²) in [6.45, 7) is 0.289. The normalized spacial score (nSPS) is 16.4. The Morgan fingerprint density at radius 3 is 2.65 bits per heavy atom. The molecule has 6 heteroatoms. The second kappa shape index (κ2) is 6.10. The number of benzene rings is 2. The molecule has 23 heavy (non-hydrogen) atoms. The van der Waals surface area contributed by atoms with Crippen molar-refractivity contribution in [2.24, 2.45) is 0 Å². The molecule has 1 N–H and O–H groups in total. The molecule has 3 rings (SSSR count). The molecule has 1 amide bonds. The first kappa shape index (κ1) is 15.6. The van der Waals surface area contributed by atoms with E-state index in [4.69, 9.17) is 21.1 Å². The van der Waals surface area contributed by atoms with Crippen molar-refractivity contribution in [1.29, 1.82) is 0 Å². The van der Waals surface area contributed by atoms with Gasteiger partial charge in [0, 0.05) is 22.2 Å². The van der Waals surface area contributed by atoms with E-state index in [1.807, 2.05) is 6.07 Å². The van der Waals surface area contributed by atoms with Crippen molar-refractivity contribution in [1.82, 2.24) is 0 Å². The summed E-state index contributed by atoms with van der Waals surface area (Å²) in [7, 11) is 3.14. The fraction of sp³-hybridized carbons (Fsp3) is 0.235. The Balaban J connectivity index is 1.97. The molecule has 0 saturated carbocycles. The number of carbonyl (C=O) groups excluding carboxylic acids is 1. The Morgan fingerprint density at radius 2 is 1.96 bits per heavy atom. The van der Waals surface area contributed by atoms with Gasteiger partial charge in [0.25, 0.3) is 5.91 Å². The number of nitrogens with zero attached hydrogens (tertiary/aromatic N) is 1. The van der Waals surface area contributed by atoms with Gasteiger partial charge >= 0.3 is 0 Å². The summed E-state index contributed by atoms with van der Waals surface area (Å²) in [5.41, 5.74) is 2.00. The molecule has 0 aromatic heterocycles. The predicted molar refractivity (Wildman–Crippen MR) is 87.1 cm³/mol. The van der Waals surface area contributed by atoms with Gasteiger partial charge in [-0.3, -0.25) is 4.79 Å². The lowest BCUT2D eigenvalue weighted by molar-refractivity contribution is -0.125. The van der Waals surface area contributed by atoms with Crippen LogP contribution in [-0.2, 0) is 11.3 Å². The van der Waals surface area contributed by atoms with Crippen LogP contribution in [0.25, 0.3) is 0 Å². The van der Waals surface area contributed by atoms with Crippen LogP contribution < -0.4 is 14.4 Å². The Morgan fingerprint density at radius 1 is 1.17 bits per heavy atom. The van der Waals surface area contributed by atoms with Gasteiger partial charge in [-0.15, -0.1) is 0 Å². The average Bonchev–Trinajstić information content (AvgIpc) is 2.80. The van der Waals surface area contributed by atoms with Gasteiger partial charge < -0.3 is 19.5 Å². The van der Waals surface area contributed by atoms with Crippen LogP contribution in [0, 0.1) is 0 Å². The topological polar surface area (TPSA) is 59.0 Å². The van der Waals surface area contributed by atoms with E-state index in [1.165, 1.54) is 4.90 Å². The van der Waals surface area contributed by atoms with E-state index in [1.54, 1.807) is 44.6 Å². The monoisotopic (exact) mass is 333 g/mol. The zero-order valence-corrected chi connectivity index (χ0v) is 13.5. The van der Waals surface area contributed by atoms with E-state index < -0.39 is 6.10 Å². The van der Waals surface area contributed by atoms with Crippen molar-refractivity contribution in [3.05, 3.63) is 52.5 Å². The van der Waals surface area contributed by atoms with Crippen molar-refractivity contribution < 1.29 is 19.4 Å². The molecule has 0 spiro atoms. The molecule has 1 atom stereocenters. The number of anilines is 1. The minimum Gasteiger partial charge on any atom is -0.497 e. The van der Waals surface area contributed by atoms with Crippen LogP contribution >= 0.6 is 11.6 Å². The van der Waals surface area contributed by atoms with Gasteiger partial charge in [0.15, 0.2) is 6.10 Å². The quantitative estimate of drug-likeness (QED) is 0.934. The zero-order valence-electron chi connectivity index (χ0n) is 12.7. The number of carbonyl (C=O) groups is 1. The van der Waals surface area contributed by atoms with E-state index >= 15 is 0 Å². The third kappa shape index (κ3) is 2.73. The first-order chi connectivity index (χ1) is 11.0. The van der Waals surface area contributed by atoms with Crippen LogP contribution in [0.15, 0.2) is 36.4 Å². The summed E-state index contributed by atoms with van der Waals surface area (Å²) in [6, 6.07) is 10.5. The molecule has 1 heterocycles. The molecule has 2 aromatic carbocycles. The van der Waals surface area contributed by atoms with Gasteiger partial charge in [-0.2, -0.15) is 0 Å². The third-order valence-corrected chi connectivity index (χ3v) is 4.13. The average molecular weight is 334 g/mol. The number of rotatable bonds is 4. The number of aliphatic hydroxyl groups excluding tert-OH is 1. The number of hydrogen-bond donors (Lipinski definition) is 1. The Hall–Kier alpha value is -2.24. The van der Waals surface area contributed by atoms with Crippen LogP contribution in [0.4, 0.5) is 5.69 Å². The van der Waals surface area contributed by atoms with Gasteiger partial charge in [-0.05, 0) is 30.3 Å². The maximum atomic E-state index is 12.4. The molecular formula is C17H16ClNO4. The van der Waals surface area contributed by atoms with Gasteiger partial charge in [-0.1, -0.05) is 11.6 Å². The van der Waals surface area contributed by atoms with E-state index in [-0.39, 0.29) is 12.5 Å². The number of fused-ring (bicyclic) bond motifs is 1. The summed E-state index contributed by atoms with van der Waals surface area (Å²) < 4.78 is 10.5. The van der Waals surface area contributed by atoms with Gasteiger partial charge in [0.05, 0.1) is 26.5 Å². The minimum atomic E-state index is -1.19. The summed E-state index contributed by atoms with van der Waals surface area (Å²) in [4.78, 5) is 13.9. The van der Waals surface area contributed by atoms with Crippen LogP contribution in [-0.4, -0.2) is 25.2 Å². The van der Waals surface area contributed by atoms with E-state index in [9.17, 15) is 9.90 Å². The number of halogens is 1. The highest BCUT2D eigenvalue weighted by molar-refractivity contribution is 6.31. The maximum Gasteiger partial charge on any atom is 0.260 e. The largest absolute Gasteiger partial charge is 0.497 e. The summed E-state index contributed by atoms with van der Waals surface area (Å²) in [5.74, 6) is 0.916. The minimum absolute atomic E-state index is 0.289. The lowest BCUT2D eigenvalue weighted by atomic mass is 10.1. The van der Waals surface area contributed by atoms with Crippen LogP contribution in [0.3, 0.4) is 0 Å². The molecule has 120 valence electrons. The first-order valence-electron chi connectivity index (χ1n) is 7.05. The van der Waals surface area contributed by atoms with E-state index in [0.717, 1.165) is 5.56 Å². The number of methoxy groups -OCH3 is 2. The fourth-order valence-electron chi connectivity index (χ4n) is 2.71. The summed E-state index contributed by atoms with van der Waals surface area (Å²) in [6.07, 6.45) is -1.19. The van der Waals surface area contributed by atoms with E-state index in [2.05, 4.69) is 0 Å². The number of ether oxygens (including phenoxy) is 2. The van der Waals surface area contributed by atoms with Gasteiger partial charge in [0.1, 0.15) is 11.5 Å². The molecule has 2 aromatic rings. The van der Waals surface area contributed by atoms with Crippen molar-refractivity contribution in [3.63, 3.8) is 0 Å². The molecule has 1 unspecified atom stereocenters. The number of amides is 1. The molecule has 1 aliphatic heterocycles. The molecule has 0 radical (unpaired) electrons. The van der Waals surface area contributed by atoms with Crippen LogP contribution in [0.1, 0.15) is 17.2 Å². The molecular weight excluding hydrogens is 318 g/mol.